The Morgan fingerprint density at radius 3 is 2.15 bits per heavy atom. The molecule has 0 unspecified atom stereocenters. The summed E-state index contributed by atoms with van der Waals surface area (Å²) in [6, 6.07) is 9.93. The number of halogens is 2. The fourth-order valence-electron chi connectivity index (χ4n) is 3.01. The molecule has 1 aliphatic rings. The van der Waals surface area contributed by atoms with Crippen molar-refractivity contribution < 1.29 is 23.1 Å². The van der Waals surface area contributed by atoms with Gasteiger partial charge in [-0.3, -0.25) is 9.59 Å². The molecule has 2 aromatic rings. The van der Waals surface area contributed by atoms with Crippen LogP contribution in [0.4, 0.5) is 8.78 Å². The van der Waals surface area contributed by atoms with E-state index in [-0.39, 0.29) is 22.8 Å². The average molecular weight is 374 g/mol. The maximum atomic E-state index is 14.0. The third kappa shape index (κ3) is 4.07. The molecule has 142 valence electrons. The normalized spacial score (nSPS) is 14.2. The zero-order chi connectivity index (χ0) is 19.4. The second kappa shape index (κ2) is 8.16. The zero-order valence-electron chi connectivity index (χ0n) is 15.0. The van der Waals surface area contributed by atoms with Gasteiger partial charge in [-0.1, -0.05) is 12.1 Å². The van der Waals surface area contributed by atoms with Crippen LogP contribution in [0, 0.1) is 11.6 Å². The summed E-state index contributed by atoms with van der Waals surface area (Å²) in [5, 5.41) is 0. The highest BCUT2D eigenvalue weighted by molar-refractivity contribution is 5.96. The summed E-state index contributed by atoms with van der Waals surface area (Å²) in [7, 11) is 0. The minimum absolute atomic E-state index is 0.0193. The van der Waals surface area contributed by atoms with Gasteiger partial charge in [-0.15, -0.1) is 0 Å². The molecule has 0 bridgehead atoms. The fourth-order valence-corrected chi connectivity index (χ4v) is 3.01. The van der Waals surface area contributed by atoms with Crippen LogP contribution in [-0.4, -0.2) is 54.4 Å². The first-order valence-corrected chi connectivity index (χ1v) is 8.76. The van der Waals surface area contributed by atoms with Gasteiger partial charge < -0.3 is 14.5 Å². The number of rotatable bonds is 4. The Bertz CT molecular complexity index is 849. The summed E-state index contributed by atoms with van der Waals surface area (Å²) < 4.78 is 32.9. The number of ether oxygens (including phenoxy) is 1. The van der Waals surface area contributed by atoms with Crippen LogP contribution in [0.5, 0.6) is 5.75 Å². The minimum Gasteiger partial charge on any atom is -0.491 e. The van der Waals surface area contributed by atoms with Crippen molar-refractivity contribution in [2.75, 3.05) is 32.8 Å². The monoisotopic (exact) mass is 374 g/mol. The lowest BCUT2D eigenvalue weighted by molar-refractivity contribution is 0.0532. The van der Waals surface area contributed by atoms with E-state index in [2.05, 4.69) is 0 Å². The second-order valence-electron chi connectivity index (χ2n) is 6.14. The molecule has 7 heteroatoms. The molecular formula is C20H20F2N2O3. The van der Waals surface area contributed by atoms with Gasteiger partial charge in [0, 0.05) is 31.7 Å². The molecule has 0 aromatic heterocycles. The van der Waals surface area contributed by atoms with Crippen molar-refractivity contribution in [2.45, 2.75) is 6.92 Å². The first-order valence-electron chi connectivity index (χ1n) is 8.76. The zero-order valence-corrected chi connectivity index (χ0v) is 15.0. The average Bonchev–Trinajstić information content (AvgIpc) is 2.69. The van der Waals surface area contributed by atoms with Crippen LogP contribution in [0.3, 0.4) is 0 Å². The summed E-state index contributed by atoms with van der Waals surface area (Å²) >= 11 is 0. The predicted octanol–water partition coefficient (Wildman–Crippen LogP) is 2.96. The van der Waals surface area contributed by atoms with Crippen molar-refractivity contribution in [3.05, 3.63) is 65.2 Å². The highest BCUT2D eigenvalue weighted by Gasteiger charge is 2.27. The number of amides is 2. The maximum Gasteiger partial charge on any atom is 0.256 e. The van der Waals surface area contributed by atoms with Crippen molar-refractivity contribution in [2.24, 2.45) is 0 Å². The summed E-state index contributed by atoms with van der Waals surface area (Å²) in [6.45, 7) is 3.27. The molecule has 27 heavy (non-hydrogen) atoms. The third-order valence-corrected chi connectivity index (χ3v) is 4.44. The molecule has 2 amide bonds. The standard InChI is InChI=1S/C20H20F2N2O3/c1-2-27-18-8-7-14(13-17(18)22)19(25)23-9-11-24(12-10-23)20(26)15-5-3-4-6-16(15)21/h3-8,13H,2,9-12H2,1H3. The van der Waals surface area contributed by atoms with Crippen LogP contribution in [0.15, 0.2) is 42.5 Å². The van der Waals surface area contributed by atoms with E-state index in [0.717, 1.165) is 6.07 Å². The molecule has 0 radical (unpaired) electrons. The summed E-state index contributed by atoms with van der Waals surface area (Å²) in [5.41, 5.74) is 0.246. The number of nitrogens with zero attached hydrogens (tertiary/aromatic N) is 2. The Balaban J connectivity index is 1.63. The van der Waals surface area contributed by atoms with Crippen molar-refractivity contribution in [1.29, 1.82) is 0 Å². The number of carbonyl (C=O) groups excluding carboxylic acids is 2. The minimum atomic E-state index is -0.587. The van der Waals surface area contributed by atoms with Gasteiger partial charge in [0.25, 0.3) is 11.8 Å². The Hall–Kier alpha value is -2.96. The summed E-state index contributed by atoms with van der Waals surface area (Å²) in [5.74, 6) is -1.75. The van der Waals surface area contributed by atoms with Crippen molar-refractivity contribution in [3.63, 3.8) is 0 Å². The van der Waals surface area contributed by atoms with E-state index in [1.807, 2.05) is 0 Å². The molecule has 0 atom stereocenters. The van der Waals surface area contributed by atoms with Crippen molar-refractivity contribution >= 4 is 11.8 Å². The predicted molar refractivity (Wildman–Crippen MR) is 95.8 cm³/mol. The van der Waals surface area contributed by atoms with Gasteiger partial charge in [-0.05, 0) is 37.3 Å². The molecule has 1 aliphatic heterocycles. The van der Waals surface area contributed by atoms with E-state index < -0.39 is 17.5 Å². The van der Waals surface area contributed by atoms with Crippen LogP contribution in [0.1, 0.15) is 27.6 Å². The van der Waals surface area contributed by atoms with Crippen molar-refractivity contribution in [1.82, 2.24) is 9.80 Å². The lowest BCUT2D eigenvalue weighted by atomic mass is 10.1. The molecule has 1 heterocycles. The maximum absolute atomic E-state index is 14.0. The molecule has 1 saturated heterocycles. The van der Waals surface area contributed by atoms with Crippen LogP contribution < -0.4 is 4.74 Å². The number of benzene rings is 2. The third-order valence-electron chi connectivity index (χ3n) is 4.44. The Morgan fingerprint density at radius 2 is 1.56 bits per heavy atom. The molecular weight excluding hydrogens is 354 g/mol. The molecule has 5 nitrogen and oxygen atoms in total. The molecule has 2 aromatic carbocycles. The molecule has 0 saturated carbocycles. The number of carbonyl (C=O) groups is 2. The van der Waals surface area contributed by atoms with Gasteiger partial charge in [0.05, 0.1) is 12.2 Å². The van der Waals surface area contributed by atoms with Crippen LogP contribution in [-0.2, 0) is 0 Å². The second-order valence-corrected chi connectivity index (χ2v) is 6.14. The van der Waals surface area contributed by atoms with E-state index >= 15 is 0 Å². The van der Waals surface area contributed by atoms with E-state index in [1.165, 1.54) is 35.2 Å². The summed E-state index contributed by atoms with van der Waals surface area (Å²) in [4.78, 5) is 28.1. The van der Waals surface area contributed by atoms with Gasteiger partial charge in [0.1, 0.15) is 5.82 Å². The Kier molecular flexibility index (Phi) is 5.69. The molecule has 3 rings (SSSR count). The smallest absolute Gasteiger partial charge is 0.256 e. The van der Waals surface area contributed by atoms with Crippen molar-refractivity contribution in [3.8, 4) is 5.75 Å². The van der Waals surface area contributed by atoms with Gasteiger partial charge >= 0.3 is 0 Å². The van der Waals surface area contributed by atoms with Gasteiger partial charge in [-0.2, -0.15) is 0 Å². The van der Waals surface area contributed by atoms with Crippen LogP contribution in [0.25, 0.3) is 0 Å². The van der Waals surface area contributed by atoms with Crippen LogP contribution in [0.2, 0.25) is 0 Å². The number of hydrogen-bond acceptors (Lipinski definition) is 3. The highest BCUT2D eigenvalue weighted by Crippen LogP contribution is 2.20. The fraction of sp³-hybridized carbons (Fsp3) is 0.300. The highest BCUT2D eigenvalue weighted by atomic mass is 19.1. The largest absolute Gasteiger partial charge is 0.491 e. The molecule has 1 fully saturated rings. The van der Waals surface area contributed by atoms with Gasteiger partial charge in [0.2, 0.25) is 0 Å². The van der Waals surface area contributed by atoms with E-state index in [1.54, 1.807) is 17.9 Å². The number of hydrogen-bond donors (Lipinski definition) is 0. The number of piperazine rings is 1. The first-order chi connectivity index (χ1) is 13.0. The van der Waals surface area contributed by atoms with Gasteiger partial charge in [-0.25, -0.2) is 8.78 Å². The van der Waals surface area contributed by atoms with Gasteiger partial charge in [0.15, 0.2) is 11.6 Å². The molecule has 0 N–H and O–H groups in total. The topological polar surface area (TPSA) is 49.9 Å². The van der Waals surface area contributed by atoms with Crippen LogP contribution >= 0.6 is 0 Å². The lowest BCUT2D eigenvalue weighted by Gasteiger charge is -2.35. The van der Waals surface area contributed by atoms with E-state index in [0.29, 0.717) is 32.8 Å². The Labute approximate surface area is 156 Å². The summed E-state index contributed by atoms with van der Waals surface area (Å²) in [6.07, 6.45) is 0. The first kappa shape index (κ1) is 18.8. The van der Waals surface area contributed by atoms with E-state index in [4.69, 9.17) is 4.74 Å². The lowest BCUT2D eigenvalue weighted by Crippen LogP contribution is -2.50. The molecule has 0 aliphatic carbocycles. The SMILES string of the molecule is CCOc1ccc(C(=O)N2CCN(C(=O)c3ccccc3F)CC2)cc1F. The Morgan fingerprint density at radius 1 is 0.926 bits per heavy atom. The van der Waals surface area contributed by atoms with E-state index in [9.17, 15) is 18.4 Å². The molecule has 0 spiro atoms. The quantitative estimate of drug-likeness (QED) is 0.827.